The second kappa shape index (κ2) is 12.4. The first kappa shape index (κ1) is 31.7. The first-order valence-corrected chi connectivity index (χ1v) is 17.0. The number of halogens is 2. The van der Waals surface area contributed by atoms with Gasteiger partial charge in [0.1, 0.15) is 11.9 Å². The Morgan fingerprint density at radius 3 is 2.49 bits per heavy atom. The number of carbonyl (C=O) groups is 1. The van der Waals surface area contributed by atoms with Gasteiger partial charge in [0, 0.05) is 61.4 Å². The highest BCUT2D eigenvalue weighted by Crippen LogP contribution is 2.28. The summed E-state index contributed by atoms with van der Waals surface area (Å²) in [6, 6.07) is 8.43. The highest BCUT2D eigenvalue weighted by atomic mass is 79.9. The van der Waals surface area contributed by atoms with Crippen molar-refractivity contribution in [2.45, 2.75) is 50.8 Å². The molecule has 2 aliphatic rings. The fourth-order valence-corrected chi connectivity index (χ4v) is 6.89. The molecular formula is C29H36BrClN6O5S. The second-order valence-corrected chi connectivity index (χ2v) is 15.4. The van der Waals surface area contributed by atoms with Crippen molar-refractivity contribution in [3.8, 4) is 0 Å². The topological polar surface area (TPSA) is 117 Å². The van der Waals surface area contributed by atoms with Gasteiger partial charge >= 0.3 is 6.09 Å². The van der Waals surface area contributed by atoms with Gasteiger partial charge in [0.2, 0.25) is 0 Å². The molecule has 2 fully saturated rings. The average Bonchev–Trinajstić information content (AvgIpc) is 2.90. The van der Waals surface area contributed by atoms with Crippen LogP contribution in [0.5, 0.6) is 0 Å². The van der Waals surface area contributed by atoms with Crippen molar-refractivity contribution in [1.82, 2.24) is 24.4 Å². The Kier molecular flexibility index (Phi) is 9.11. The summed E-state index contributed by atoms with van der Waals surface area (Å²) >= 11 is 9.77. The largest absolute Gasteiger partial charge is 0.444 e. The van der Waals surface area contributed by atoms with Crippen molar-refractivity contribution in [2.24, 2.45) is 0 Å². The Morgan fingerprint density at radius 1 is 1.14 bits per heavy atom. The van der Waals surface area contributed by atoms with Crippen molar-refractivity contribution in [3.63, 3.8) is 0 Å². The van der Waals surface area contributed by atoms with Gasteiger partial charge in [0.15, 0.2) is 9.84 Å². The first-order chi connectivity index (χ1) is 20.2. The lowest BCUT2D eigenvalue weighted by Crippen LogP contribution is -2.64. The van der Waals surface area contributed by atoms with Crippen LogP contribution in [0.1, 0.15) is 33.3 Å². The van der Waals surface area contributed by atoms with E-state index in [0.717, 1.165) is 36.2 Å². The number of aromatic nitrogens is 2. The maximum atomic E-state index is 13.4. The van der Waals surface area contributed by atoms with Crippen molar-refractivity contribution in [1.29, 1.82) is 0 Å². The molecule has 0 radical (unpaired) electrons. The minimum absolute atomic E-state index is 0.0562. The van der Waals surface area contributed by atoms with Crippen molar-refractivity contribution in [3.05, 3.63) is 62.1 Å². The van der Waals surface area contributed by atoms with Crippen LogP contribution in [0.2, 0.25) is 5.02 Å². The number of benzene rings is 2. The summed E-state index contributed by atoms with van der Waals surface area (Å²) in [4.78, 5) is 36.7. The number of rotatable bonds is 7. The monoisotopic (exact) mass is 694 g/mol. The first-order valence-electron chi connectivity index (χ1n) is 14.2. The number of carbonyl (C=O) groups excluding carboxylic acids is 1. The standard InChI is InChI=1S/C29H36BrClN6O5S/c1-5-43(40,41)26-7-6-20(31)13-25(26)33-37-18-32-24-12-19(23(30)14-22(24)27(37)38)15-34-8-10-35(11-9-34)21-16-36(17-21)28(39)42-29(2,3)4/h6-7,12-14,18,21,33H,5,8-11,15-17H2,1-4H3. The molecule has 3 aromatic rings. The molecule has 11 nitrogen and oxygen atoms in total. The molecule has 0 spiro atoms. The molecule has 0 saturated carbocycles. The van der Waals surface area contributed by atoms with E-state index < -0.39 is 15.4 Å². The van der Waals surface area contributed by atoms with E-state index in [1.165, 1.54) is 29.2 Å². The molecule has 2 aromatic carbocycles. The number of nitrogens with zero attached hydrogens (tertiary/aromatic N) is 5. The highest BCUT2D eigenvalue weighted by Gasteiger charge is 2.38. The van der Waals surface area contributed by atoms with Crippen LogP contribution in [0.15, 0.2) is 50.8 Å². The number of ether oxygens (including phenoxy) is 1. The van der Waals surface area contributed by atoms with Gasteiger partial charge in [0.25, 0.3) is 5.56 Å². The van der Waals surface area contributed by atoms with Gasteiger partial charge in [-0.25, -0.2) is 22.9 Å². The zero-order chi connectivity index (χ0) is 31.1. The molecule has 0 bridgehead atoms. The third kappa shape index (κ3) is 7.17. The number of amides is 1. The van der Waals surface area contributed by atoms with Crippen molar-refractivity contribution >= 4 is 60.1 Å². The molecular weight excluding hydrogens is 660 g/mol. The predicted molar refractivity (Wildman–Crippen MR) is 170 cm³/mol. The molecule has 2 saturated heterocycles. The van der Waals surface area contributed by atoms with Crippen LogP contribution in [-0.2, 0) is 21.1 Å². The van der Waals surface area contributed by atoms with E-state index >= 15 is 0 Å². The molecule has 0 unspecified atom stereocenters. The summed E-state index contributed by atoms with van der Waals surface area (Å²) < 4.78 is 32.6. The minimum atomic E-state index is -3.56. The Hall–Kier alpha value is -2.71. The lowest BCUT2D eigenvalue weighted by atomic mass is 10.1. The van der Waals surface area contributed by atoms with Crippen LogP contribution < -0.4 is 11.0 Å². The summed E-state index contributed by atoms with van der Waals surface area (Å²) in [5.74, 6) is -0.0910. The fraction of sp³-hybridized carbons (Fsp3) is 0.483. The third-order valence-electron chi connectivity index (χ3n) is 7.66. The SMILES string of the molecule is CCS(=O)(=O)c1ccc(Cl)cc1Nn1cnc2cc(CN3CCN(C4CN(C(=O)OC(C)(C)C)C4)CC3)c(Br)cc2c1=O. The van der Waals surface area contributed by atoms with E-state index in [2.05, 4.69) is 36.1 Å². The number of nitrogens with one attached hydrogen (secondary N) is 1. The molecule has 0 atom stereocenters. The maximum Gasteiger partial charge on any atom is 0.410 e. The van der Waals surface area contributed by atoms with Gasteiger partial charge in [-0.2, -0.15) is 0 Å². The van der Waals surface area contributed by atoms with Gasteiger partial charge in [-0.15, -0.1) is 0 Å². The van der Waals surface area contributed by atoms with Crippen molar-refractivity contribution < 1.29 is 17.9 Å². The van der Waals surface area contributed by atoms with Gasteiger partial charge in [-0.05, 0) is 56.7 Å². The van der Waals surface area contributed by atoms with E-state index in [4.69, 9.17) is 16.3 Å². The Bertz CT molecular complexity index is 1700. The maximum absolute atomic E-state index is 13.4. The Morgan fingerprint density at radius 2 is 1.84 bits per heavy atom. The van der Waals surface area contributed by atoms with Crippen LogP contribution in [0, 0.1) is 0 Å². The smallest absolute Gasteiger partial charge is 0.410 e. The van der Waals surface area contributed by atoms with E-state index in [9.17, 15) is 18.0 Å². The van der Waals surface area contributed by atoms with Crippen LogP contribution >= 0.6 is 27.5 Å². The van der Waals surface area contributed by atoms with Crippen LogP contribution in [0.3, 0.4) is 0 Å². The molecule has 43 heavy (non-hydrogen) atoms. The molecule has 1 amide bonds. The highest BCUT2D eigenvalue weighted by molar-refractivity contribution is 9.10. The number of hydrogen-bond donors (Lipinski definition) is 1. The second-order valence-electron chi connectivity index (χ2n) is 11.9. The molecule has 1 aromatic heterocycles. The molecule has 14 heteroatoms. The molecule has 3 heterocycles. The minimum Gasteiger partial charge on any atom is -0.444 e. The van der Waals surface area contributed by atoms with E-state index in [-0.39, 0.29) is 28.0 Å². The Balaban J connectivity index is 1.23. The van der Waals surface area contributed by atoms with E-state index in [1.807, 2.05) is 26.8 Å². The van der Waals surface area contributed by atoms with E-state index in [1.54, 1.807) is 17.9 Å². The summed E-state index contributed by atoms with van der Waals surface area (Å²) in [6.07, 6.45) is 1.10. The van der Waals surface area contributed by atoms with Crippen LogP contribution in [-0.4, -0.2) is 95.5 Å². The number of piperazine rings is 1. The fourth-order valence-electron chi connectivity index (χ4n) is 5.22. The number of hydrogen-bond acceptors (Lipinski definition) is 9. The number of likely N-dealkylation sites (tertiary alicyclic amines) is 1. The van der Waals surface area contributed by atoms with Gasteiger partial charge in [-0.1, -0.05) is 34.5 Å². The number of anilines is 1. The normalized spacial score (nSPS) is 17.2. The summed E-state index contributed by atoms with van der Waals surface area (Å²) in [6.45, 7) is 12.8. The predicted octanol–water partition coefficient (Wildman–Crippen LogP) is 4.22. The van der Waals surface area contributed by atoms with Crippen LogP contribution in [0.25, 0.3) is 10.9 Å². The molecule has 0 aliphatic carbocycles. The molecule has 1 N–H and O–H groups in total. The zero-order valence-corrected chi connectivity index (χ0v) is 27.8. The van der Waals surface area contributed by atoms with Gasteiger partial charge in [0.05, 0.1) is 27.2 Å². The summed E-state index contributed by atoms with van der Waals surface area (Å²) in [5, 5.41) is 0.722. The lowest BCUT2D eigenvalue weighted by Gasteiger charge is -2.48. The molecule has 2 aliphatic heterocycles. The molecule has 232 valence electrons. The van der Waals surface area contributed by atoms with Gasteiger partial charge < -0.3 is 9.64 Å². The third-order valence-corrected chi connectivity index (χ3v) is 10.4. The zero-order valence-electron chi connectivity index (χ0n) is 24.6. The van der Waals surface area contributed by atoms with Gasteiger partial charge in [-0.3, -0.25) is 20.0 Å². The number of sulfone groups is 1. The van der Waals surface area contributed by atoms with E-state index in [0.29, 0.717) is 41.6 Å². The quantitative estimate of drug-likeness (QED) is 0.388. The average molecular weight is 696 g/mol. The summed E-state index contributed by atoms with van der Waals surface area (Å²) in [7, 11) is -3.56. The Labute approximate surface area is 264 Å². The van der Waals surface area contributed by atoms with Crippen LogP contribution in [0.4, 0.5) is 10.5 Å². The number of fused-ring (bicyclic) bond motifs is 1. The summed E-state index contributed by atoms with van der Waals surface area (Å²) in [5.41, 5.74) is 3.78. The molecule has 5 rings (SSSR count). The van der Waals surface area contributed by atoms with Crippen molar-refractivity contribution in [2.75, 3.05) is 50.4 Å². The lowest BCUT2D eigenvalue weighted by molar-refractivity contribution is -0.0252.